The van der Waals surface area contributed by atoms with Crippen molar-refractivity contribution in [3.63, 3.8) is 0 Å². The van der Waals surface area contributed by atoms with E-state index in [-0.39, 0.29) is 0 Å². The Kier molecular flexibility index (Phi) is 3.50. The highest BCUT2D eigenvalue weighted by Gasteiger charge is 2.61. The van der Waals surface area contributed by atoms with E-state index in [1.165, 1.54) is 0 Å². The number of alkyl halides is 3. The summed E-state index contributed by atoms with van der Waals surface area (Å²) in [6.45, 7) is -0.517. The van der Waals surface area contributed by atoms with Gasteiger partial charge in [0.25, 0.3) is 0 Å². The van der Waals surface area contributed by atoms with Gasteiger partial charge in [-0.3, -0.25) is 9.69 Å². The van der Waals surface area contributed by atoms with Crippen molar-refractivity contribution < 1.29 is 38.4 Å². The lowest BCUT2D eigenvalue weighted by Gasteiger charge is -2.44. The number of carboxylic acid groups (broad SMARTS) is 1. The summed E-state index contributed by atoms with van der Waals surface area (Å²) in [4.78, 5) is 11.6. The zero-order chi connectivity index (χ0) is 14.5. The van der Waals surface area contributed by atoms with Gasteiger partial charge in [-0.1, -0.05) is 0 Å². The lowest BCUT2D eigenvalue weighted by atomic mass is 9.83. The molecule has 19 heavy (non-hydrogen) atoms. The first-order chi connectivity index (χ1) is 8.64. The number of hydrogen-bond donors (Lipinski definition) is 4. The third-order valence-corrected chi connectivity index (χ3v) is 3.81. The predicted octanol–water partition coefficient (Wildman–Crippen LogP) is -1.21. The third-order valence-electron chi connectivity index (χ3n) is 3.81. The highest BCUT2D eigenvalue weighted by molar-refractivity contribution is 5.71. The fourth-order valence-electron chi connectivity index (χ4n) is 3.03. The number of carboxylic acids is 1. The van der Waals surface area contributed by atoms with Crippen LogP contribution >= 0.6 is 0 Å². The van der Waals surface area contributed by atoms with E-state index in [0.29, 0.717) is 4.90 Å². The van der Waals surface area contributed by atoms with Crippen molar-refractivity contribution in [2.75, 3.05) is 6.54 Å². The highest BCUT2D eigenvalue weighted by Crippen LogP contribution is 2.42. The lowest BCUT2D eigenvalue weighted by molar-refractivity contribution is -0.226. The van der Waals surface area contributed by atoms with E-state index >= 15 is 0 Å². The first kappa shape index (κ1) is 14.5. The topological polar surface area (TPSA) is 101 Å². The summed E-state index contributed by atoms with van der Waals surface area (Å²) in [5.41, 5.74) is 0. The van der Waals surface area contributed by atoms with E-state index in [9.17, 15) is 33.3 Å². The molecule has 0 bridgehead atoms. The molecule has 0 aliphatic carbocycles. The van der Waals surface area contributed by atoms with Gasteiger partial charge in [0.1, 0.15) is 6.04 Å². The van der Waals surface area contributed by atoms with Crippen LogP contribution in [0.4, 0.5) is 13.2 Å². The molecular formula is C10H14F3NO5. The van der Waals surface area contributed by atoms with Crippen molar-refractivity contribution in [1.29, 1.82) is 0 Å². The molecule has 0 amide bonds. The van der Waals surface area contributed by atoms with Crippen LogP contribution in [0.15, 0.2) is 0 Å². The predicted molar refractivity (Wildman–Crippen MR) is 54.1 cm³/mol. The second-order valence-corrected chi connectivity index (χ2v) is 4.98. The van der Waals surface area contributed by atoms with Crippen LogP contribution in [0.25, 0.3) is 0 Å². The Hall–Kier alpha value is -0.900. The molecule has 6 atom stereocenters. The van der Waals surface area contributed by atoms with Crippen LogP contribution in [0.2, 0.25) is 0 Å². The summed E-state index contributed by atoms with van der Waals surface area (Å²) in [6, 6.07) is -3.61. The molecule has 2 unspecified atom stereocenters. The van der Waals surface area contributed by atoms with Crippen LogP contribution in [-0.4, -0.2) is 74.4 Å². The van der Waals surface area contributed by atoms with Crippen molar-refractivity contribution in [3.8, 4) is 0 Å². The van der Waals surface area contributed by atoms with E-state index in [1.807, 2.05) is 0 Å². The Morgan fingerprint density at radius 2 is 1.74 bits per heavy atom. The van der Waals surface area contributed by atoms with Crippen molar-refractivity contribution >= 4 is 5.97 Å². The smallest absolute Gasteiger partial charge is 0.404 e. The van der Waals surface area contributed by atoms with Gasteiger partial charge in [0, 0.05) is 6.54 Å². The van der Waals surface area contributed by atoms with Crippen LogP contribution in [0.3, 0.4) is 0 Å². The van der Waals surface area contributed by atoms with Crippen LogP contribution in [-0.2, 0) is 4.79 Å². The summed E-state index contributed by atoms with van der Waals surface area (Å²) in [5, 5.41) is 37.6. The van der Waals surface area contributed by atoms with Crippen molar-refractivity contribution in [1.82, 2.24) is 4.90 Å². The molecule has 0 aromatic heterocycles. The third kappa shape index (κ3) is 2.31. The fraction of sp³-hybridized carbons (Fsp3) is 0.900. The molecule has 110 valence electrons. The summed E-state index contributed by atoms with van der Waals surface area (Å²) in [7, 11) is 0. The number of piperidine rings is 1. The van der Waals surface area contributed by atoms with Crippen LogP contribution in [0.5, 0.6) is 0 Å². The van der Waals surface area contributed by atoms with Gasteiger partial charge in [-0.2, -0.15) is 13.2 Å². The summed E-state index contributed by atoms with van der Waals surface area (Å²) < 4.78 is 39.1. The van der Waals surface area contributed by atoms with Crippen molar-refractivity contribution in [2.45, 2.75) is 43.0 Å². The van der Waals surface area contributed by atoms with Gasteiger partial charge in [0.2, 0.25) is 0 Å². The maximum absolute atomic E-state index is 13.0. The minimum absolute atomic E-state index is 0.517. The number of aliphatic carboxylic acids is 1. The molecule has 0 spiro atoms. The highest BCUT2D eigenvalue weighted by atomic mass is 19.4. The van der Waals surface area contributed by atoms with Gasteiger partial charge in [-0.05, 0) is 6.42 Å². The zero-order valence-corrected chi connectivity index (χ0v) is 9.66. The molecule has 2 heterocycles. The number of aliphatic hydroxyl groups excluding tert-OH is 3. The Bertz CT molecular complexity index is 377. The van der Waals surface area contributed by atoms with Crippen molar-refractivity contribution in [2.24, 2.45) is 5.92 Å². The molecule has 2 fully saturated rings. The standard InChI is InChI=1S/C10H14F3NO5/c11-10(12,13)8-3(9(18)19)1-4(15)6-7(17)5(16)2-14(6)8/h3-8,15-17H,1-2H2,(H,18,19)/t3?,4-,5-,6-,7-,8?/m1/s1. The molecule has 0 aromatic rings. The molecule has 0 aromatic carbocycles. The molecule has 4 N–H and O–H groups in total. The van der Waals surface area contributed by atoms with Gasteiger partial charge in [0.15, 0.2) is 0 Å². The first-order valence-corrected chi connectivity index (χ1v) is 5.74. The molecule has 0 saturated carbocycles. The molecule has 2 aliphatic heterocycles. The minimum Gasteiger partial charge on any atom is -0.481 e. The largest absolute Gasteiger partial charge is 0.481 e. The summed E-state index contributed by atoms with van der Waals surface area (Å²) in [6.07, 6.45) is -9.80. The van der Waals surface area contributed by atoms with Crippen molar-refractivity contribution in [3.05, 3.63) is 0 Å². The van der Waals surface area contributed by atoms with Gasteiger partial charge >= 0.3 is 12.1 Å². The Morgan fingerprint density at radius 3 is 2.21 bits per heavy atom. The molecule has 2 saturated heterocycles. The monoisotopic (exact) mass is 285 g/mol. The number of aliphatic hydroxyl groups is 3. The number of halogens is 3. The van der Waals surface area contributed by atoms with Gasteiger partial charge in [-0.15, -0.1) is 0 Å². The minimum atomic E-state index is -4.81. The SMILES string of the molecule is O=C(O)C1C[C@@H](O)[C@@H]2[C@H](O)[C@H](O)CN2C1C(F)(F)F. The van der Waals surface area contributed by atoms with E-state index in [0.717, 1.165) is 0 Å². The molecule has 0 radical (unpaired) electrons. The average Bonchev–Trinajstić information content (AvgIpc) is 2.53. The quantitative estimate of drug-likeness (QED) is 0.482. The van der Waals surface area contributed by atoms with Crippen LogP contribution < -0.4 is 0 Å². The summed E-state index contributed by atoms with van der Waals surface area (Å²) in [5.74, 6) is -3.47. The van der Waals surface area contributed by atoms with Crippen LogP contribution in [0.1, 0.15) is 6.42 Å². The number of carbonyl (C=O) groups is 1. The Morgan fingerprint density at radius 1 is 1.16 bits per heavy atom. The molecular weight excluding hydrogens is 271 g/mol. The normalized spacial score (nSPS) is 44.1. The zero-order valence-electron chi connectivity index (χ0n) is 9.66. The Labute approximate surface area is 106 Å². The Balaban J connectivity index is 2.38. The van der Waals surface area contributed by atoms with Gasteiger partial charge in [-0.25, -0.2) is 0 Å². The van der Waals surface area contributed by atoms with Crippen LogP contribution in [0, 0.1) is 5.92 Å². The van der Waals surface area contributed by atoms with Gasteiger partial charge < -0.3 is 20.4 Å². The molecule has 9 heteroatoms. The number of nitrogens with zero attached hydrogens (tertiary/aromatic N) is 1. The number of fused-ring (bicyclic) bond motifs is 1. The first-order valence-electron chi connectivity index (χ1n) is 5.74. The number of hydrogen-bond acceptors (Lipinski definition) is 5. The average molecular weight is 285 g/mol. The number of rotatable bonds is 1. The van der Waals surface area contributed by atoms with E-state index in [2.05, 4.69) is 0 Å². The molecule has 6 nitrogen and oxygen atoms in total. The van der Waals surface area contributed by atoms with E-state index in [4.69, 9.17) is 5.11 Å². The second-order valence-electron chi connectivity index (χ2n) is 4.98. The van der Waals surface area contributed by atoms with Gasteiger partial charge in [0.05, 0.1) is 30.3 Å². The molecule has 2 aliphatic rings. The fourth-order valence-corrected chi connectivity index (χ4v) is 3.03. The lowest BCUT2D eigenvalue weighted by Crippen LogP contribution is -2.63. The second kappa shape index (κ2) is 4.58. The maximum atomic E-state index is 13.0. The molecule has 2 rings (SSSR count). The summed E-state index contributed by atoms with van der Waals surface area (Å²) >= 11 is 0. The maximum Gasteiger partial charge on any atom is 0.404 e. The van der Waals surface area contributed by atoms with E-state index in [1.54, 1.807) is 0 Å². The van der Waals surface area contributed by atoms with E-state index < -0.39 is 61.4 Å².